The number of hydrogen-bond acceptors (Lipinski definition) is 4. The second kappa shape index (κ2) is 5.87. The zero-order valence-electron chi connectivity index (χ0n) is 10.9. The van der Waals surface area contributed by atoms with Crippen LogP contribution in [0.15, 0.2) is 18.2 Å². The molecule has 0 saturated carbocycles. The first-order chi connectivity index (χ1) is 8.70. The Balaban J connectivity index is 1.98. The van der Waals surface area contributed by atoms with Gasteiger partial charge in [0.2, 0.25) is 0 Å². The van der Waals surface area contributed by atoms with Gasteiger partial charge in [-0.2, -0.15) is 0 Å². The van der Waals surface area contributed by atoms with Crippen LogP contribution in [0.1, 0.15) is 22.3 Å². The monoisotopic (exact) mass is 249 g/mol. The van der Waals surface area contributed by atoms with Gasteiger partial charge in [-0.15, -0.1) is 0 Å². The third-order valence-corrected chi connectivity index (χ3v) is 3.25. The average molecular weight is 249 g/mol. The molecular weight excluding hydrogens is 230 g/mol. The van der Waals surface area contributed by atoms with Crippen molar-refractivity contribution in [2.24, 2.45) is 5.92 Å². The summed E-state index contributed by atoms with van der Waals surface area (Å²) in [5, 5.41) is 3.41. The summed E-state index contributed by atoms with van der Waals surface area (Å²) in [4.78, 5) is 11.4. The molecule has 1 aliphatic rings. The number of hydrogen-bond donors (Lipinski definition) is 1. The fourth-order valence-corrected chi connectivity index (χ4v) is 2.11. The minimum absolute atomic E-state index is 0.297. The predicted octanol–water partition coefficient (Wildman–Crippen LogP) is 2.23. The number of anilines is 1. The Morgan fingerprint density at radius 2 is 2.39 bits per heavy atom. The van der Waals surface area contributed by atoms with E-state index in [9.17, 15) is 4.79 Å². The minimum Gasteiger partial charge on any atom is -0.465 e. The van der Waals surface area contributed by atoms with E-state index in [1.54, 1.807) is 6.07 Å². The molecular formula is C14H19NO3. The topological polar surface area (TPSA) is 47.6 Å². The molecule has 4 heteroatoms. The Kier molecular flexibility index (Phi) is 4.20. The lowest BCUT2D eigenvalue weighted by molar-refractivity contribution is 0.0600. The van der Waals surface area contributed by atoms with Crippen LogP contribution in [0.5, 0.6) is 0 Å². The van der Waals surface area contributed by atoms with Gasteiger partial charge in [0, 0.05) is 24.8 Å². The van der Waals surface area contributed by atoms with Crippen molar-refractivity contribution in [3.63, 3.8) is 0 Å². The van der Waals surface area contributed by atoms with Crippen molar-refractivity contribution < 1.29 is 14.3 Å². The Bertz CT molecular complexity index is 425. The highest BCUT2D eigenvalue weighted by atomic mass is 16.5. The molecule has 4 nitrogen and oxygen atoms in total. The van der Waals surface area contributed by atoms with Crippen LogP contribution in [0.25, 0.3) is 0 Å². The Hall–Kier alpha value is -1.55. The van der Waals surface area contributed by atoms with Gasteiger partial charge in [-0.05, 0) is 37.1 Å². The van der Waals surface area contributed by atoms with E-state index in [1.807, 2.05) is 19.1 Å². The highest BCUT2D eigenvalue weighted by Gasteiger charge is 2.15. The number of ether oxygens (including phenoxy) is 2. The fourth-order valence-electron chi connectivity index (χ4n) is 2.11. The number of nitrogens with one attached hydrogen (secondary N) is 1. The van der Waals surface area contributed by atoms with Crippen molar-refractivity contribution >= 4 is 11.7 Å². The van der Waals surface area contributed by atoms with Crippen LogP contribution in [0.4, 0.5) is 5.69 Å². The number of benzene rings is 1. The summed E-state index contributed by atoms with van der Waals surface area (Å²) >= 11 is 0. The van der Waals surface area contributed by atoms with E-state index in [0.717, 1.165) is 37.4 Å². The zero-order valence-corrected chi connectivity index (χ0v) is 10.9. The highest BCUT2D eigenvalue weighted by Crippen LogP contribution is 2.19. The Labute approximate surface area is 107 Å². The maximum absolute atomic E-state index is 11.4. The predicted molar refractivity (Wildman–Crippen MR) is 69.9 cm³/mol. The van der Waals surface area contributed by atoms with Crippen molar-refractivity contribution in [3.05, 3.63) is 29.3 Å². The molecule has 0 bridgehead atoms. The van der Waals surface area contributed by atoms with Crippen molar-refractivity contribution in [2.75, 3.05) is 32.2 Å². The minimum atomic E-state index is -0.297. The van der Waals surface area contributed by atoms with Crippen LogP contribution >= 0.6 is 0 Å². The molecule has 1 heterocycles. The molecule has 1 unspecified atom stereocenters. The van der Waals surface area contributed by atoms with Crippen LogP contribution in [0.2, 0.25) is 0 Å². The molecule has 1 aliphatic heterocycles. The SMILES string of the molecule is COC(=O)c1ccc(NCC2CCOC2)c(C)c1. The molecule has 1 aromatic carbocycles. The molecule has 0 radical (unpaired) electrons. The summed E-state index contributed by atoms with van der Waals surface area (Å²) in [6.45, 7) is 4.61. The Morgan fingerprint density at radius 1 is 1.56 bits per heavy atom. The van der Waals surface area contributed by atoms with Gasteiger partial charge in [0.15, 0.2) is 0 Å². The van der Waals surface area contributed by atoms with Crippen molar-refractivity contribution in [1.82, 2.24) is 0 Å². The van der Waals surface area contributed by atoms with E-state index in [-0.39, 0.29) is 5.97 Å². The molecule has 2 rings (SSSR count). The second-order valence-electron chi connectivity index (χ2n) is 4.63. The number of methoxy groups -OCH3 is 1. The quantitative estimate of drug-likeness (QED) is 0.831. The molecule has 98 valence electrons. The van der Waals surface area contributed by atoms with E-state index in [0.29, 0.717) is 11.5 Å². The first kappa shape index (κ1) is 12.9. The average Bonchev–Trinajstić information content (AvgIpc) is 2.89. The van der Waals surface area contributed by atoms with Gasteiger partial charge in [-0.1, -0.05) is 0 Å². The van der Waals surface area contributed by atoms with Gasteiger partial charge in [0.25, 0.3) is 0 Å². The molecule has 0 aliphatic carbocycles. The van der Waals surface area contributed by atoms with E-state index < -0.39 is 0 Å². The maximum Gasteiger partial charge on any atom is 0.337 e. The standard InChI is InChI=1S/C14H19NO3/c1-10-7-12(14(16)17-2)3-4-13(10)15-8-11-5-6-18-9-11/h3-4,7,11,15H,5-6,8-9H2,1-2H3. The number of esters is 1. The van der Waals surface area contributed by atoms with Crippen LogP contribution in [-0.4, -0.2) is 32.8 Å². The second-order valence-corrected chi connectivity index (χ2v) is 4.63. The zero-order chi connectivity index (χ0) is 13.0. The first-order valence-electron chi connectivity index (χ1n) is 6.21. The summed E-state index contributed by atoms with van der Waals surface area (Å²) in [7, 11) is 1.39. The molecule has 1 N–H and O–H groups in total. The third kappa shape index (κ3) is 3.01. The molecule has 0 spiro atoms. The molecule has 1 atom stereocenters. The molecule has 0 amide bonds. The lowest BCUT2D eigenvalue weighted by Gasteiger charge is -2.13. The number of rotatable bonds is 4. The largest absolute Gasteiger partial charge is 0.465 e. The van der Waals surface area contributed by atoms with Crippen LogP contribution in [0, 0.1) is 12.8 Å². The summed E-state index contributed by atoms with van der Waals surface area (Å²) < 4.78 is 10.0. The highest BCUT2D eigenvalue weighted by molar-refractivity contribution is 5.90. The van der Waals surface area contributed by atoms with Crippen molar-refractivity contribution in [1.29, 1.82) is 0 Å². The fraction of sp³-hybridized carbons (Fsp3) is 0.500. The summed E-state index contributed by atoms with van der Waals surface area (Å²) in [6.07, 6.45) is 1.12. The summed E-state index contributed by atoms with van der Waals surface area (Å²) in [5.74, 6) is 0.290. The number of carbonyl (C=O) groups excluding carboxylic acids is 1. The van der Waals surface area contributed by atoms with E-state index in [1.165, 1.54) is 7.11 Å². The molecule has 0 aromatic heterocycles. The number of aryl methyl sites for hydroxylation is 1. The molecule has 1 saturated heterocycles. The number of carbonyl (C=O) groups is 1. The van der Waals surface area contributed by atoms with Gasteiger partial charge in [-0.3, -0.25) is 0 Å². The van der Waals surface area contributed by atoms with E-state index >= 15 is 0 Å². The molecule has 1 fully saturated rings. The van der Waals surface area contributed by atoms with E-state index in [2.05, 4.69) is 5.32 Å². The lowest BCUT2D eigenvalue weighted by atomic mass is 10.1. The third-order valence-electron chi connectivity index (χ3n) is 3.25. The molecule has 18 heavy (non-hydrogen) atoms. The Morgan fingerprint density at radius 3 is 3.00 bits per heavy atom. The van der Waals surface area contributed by atoms with Crippen LogP contribution < -0.4 is 5.32 Å². The first-order valence-corrected chi connectivity index (χ1v) is 6.21. The maximum atomic E-state index is 11.4. The smallest absolute Gasteiger partial charge is 0.337 e. The summed E-state index contributed by atoms with van der Waals surface area (Å²) in [6, 6.07) is 5.56. The van der Waals surface area contributed by atoms with Crippen LogP contribution in [0.3, 0.4) is 0 Å². The van der Waals surface area contributed by atoms with Gasteiger partial charge >= 0.3 is 5.97 Å². The van der Waals surface area contributed by atoms with Gasteiger partial charge in [-0.25, -0.2) is 4.79 Å². The lowest BCUT2D eigenvalue weighted by Crippen LogP contribution is -2.14. The van der Waals surface area contributed by atoms with E-state index in [4.69, 9.17) is 9.47 Å². The van der Waals surface area contributed by atoms with Crippen LogP contribution in [-0.2, 0) is 9.47 Å². The van der Waals surface area contributed by atoms with Gasteiger partial charge in [0.1, 0.15) is 0 Å². The van der Waals surface area contributed by atoms with Crippen molar-refractivity contribution in [3.8, 4) is 0 Å². The normalized spacial score (nSPS) is 18.7. The van der Waals surface area contributed by atoms with Gasteiger partial charge < -0.3 is 14.8 Å². The van der Waals surface area contributed by atoms with Gasteiger partial charge in [0.05, 0.1) is 19.3 Å². The van der Waals surface area contributed by atoms with Crippen molar-refractivity contribution in [2.45, 2.75) is 13.3 Å². The molecule has 1 aromatic rings. The summed E-state index contributed by atoms with van der Waals surface area (Å²) in [5.41, 5.74) is 2.70.